The SMILES string of the molecule is C[C@@H]1CCCC[C@@H]1N1C(=O)/C(=C/c2cccc(OCC(=O)O)c2)SC1Nc1ccccc1. The number of rotatable bonds is 7. The summed E-state index contributed by atoms with van der Waals surface area (Å²) in [5.74, 6) is -0.0595. The van der Waals surface area contributed by atoms with Gasteiger partial charge in [0.15, 0.2) is 12.1 Å². The molecule has 6 nitrogen and oxygen atoms in total. The van der Waals surface area contributed by atoms with Gasteiger partial charge in [0, 0.05) is 11.7 Å². The number of thioether (sulfide) groups is 1. The van der Waals surface area contributed by atoms with Crippen LogP contribution in [0, 0.1) is 5.92 Å². The van der Waals surface area contributed by atoms with Crippen LogP contribution in [0.1, 0.15) is 38.2 Å². The second-order valence-electron chi connectivity index (χ2n) is 8.29. The van der Waals surface area contributed by atoms with Crippen molar-refractivity contribution in [2.45, 2.75) is 44.1 Å². The monoisotopic (exact) mass is 452 g/mol. The molecule has 2 aliphatic rings. The molecule has 2 aromatic carbocycles. The van der Waals surface area contributed by atoms with Crippen molar-refractivity contribution < 1.29 is 19.4 Å². The van der Waals surface area contributed by atoms with Crippen molar-refractivity contribution in [3.63, 3.8) is 0 Å². The van der Waals surface area contributed by atoms with Gasteiger partial charge in [-0.3, -0.25) is 4.79 Å². The van der Waals surface area contributed by atoms with E-state index in [2.05, 4.69) is 12.2 Å². The highest BCUT2D eigenvalue weighted by molar-refractivity contribution is 8.05. The average Bonchev–Trinajstić information content (AvgIpc) is 3.08. The maximum Gasteiger partial charge on any atom is 0.341 e. The first-order valence-corrected chi connectivity index (χ1v) is 11.9. The van der Waals surface area contributed by atoms with Gasteiger partial charge in [0.2, 0.25) is 0 Å². The fraction of sp³-hybridized carbons (Fsp3) is 0.360. The van der Waals surface area contributed by atoms with Crippen molar-refractivity contribution in [2.75, 3.05) is 11.9 Å². The van der Waals surface area contributed by atoms with Gasteiger partial charge in [-0.15, -0.1) is 0 Å². The second kappa shape index (κ2) is 10.1. The molecule has 3 atom stereocenters. The number of carbonyl (C=O) groups excluding carboxylic acids is 1. The zero-order valence-corrected chi connectivity index (χ0v) is 18.9. The Bertz CT molecular complexity index is 994. The van der Waals surface area contributed by atoms with Gasteiger partial charge < -0.3 is 20.1 Å². The lowest BCUT2D eigenvalue weighted by atomic mass is 9.85. The van der Waals surface area contributed by atoms with Gasteiger partial charge in [0.05, 0.1) is 4.91 Å². The number of aliphatic carboxylic acids is 1. The van der Waals surface area contributed by atoms with Gasteiger partial charge in [-0.1, -0.05) is 61.9 Å². The number of hydrogen-bond donors (Lipinski definition) is 2. The Morgan fingerprint density at radius 3 is 2.72 bits per heavy atom. The van der Waals surface area contributed by atoms with Crippen LogP contribution in [0.5, 0.6) is 5.75 Å². The zero-order chi connectivity index (χ0) is 22.5. The van der Waals surface area contributed by atoms with Crippen LogP contribution in [0.25, 0.3) is 6.08 Å². The highest BCUT2D eigenvalue weighted by atomic mass is 32.2. The minimum atomic E-state index is -1.03. The van der Waals surface area contributed by atoms with E-state index in [1.165, 1.54) is 18.2 Å². The molecule has 0 spiro atoms. The molecular formula is C25H28N2O4S. The Morgan fingerprint density at radius 2 is 1.97 bits per heavy atom. The summed E-state index contributed by atoms with van der Waals surface area (Å²) in [6, 6.07) is 17.3. The number of nitrogens with zero attached hydrogens (tertiary/aromatic N) is 1. The molecule has 0 aromatic heterocycles. The number of hydrogen-bond acceptors (Lipinski definition) is 5. The number of carboxylic acid groups (broad SMARTS) is 1. The van der Waals surface area contributed by atoms with E-state index in [1.54, 1.807) is 18.2 Å². The average molecular weight is 453 g/mol. The topological polar surface area (TPSA) is 78.9 Å². The predicted molar refractivity (Wildman–Crippen MR) is 127 cm³/mol. The third-order valence-corrected chi connectivity index (χ3v) is 7.06. The fourth-order valence-electron chi connectivity index (χ4n) is 4.36. The van der Waals surface area contributed by atoms with Crippen molar-refractivity contribution in [1.29, 1.82) is 0 Å². The molecule has 7 heteroatoms. The number of amides is 1. The minimum absolute atomic E-state index is 0.0408. The summed E-state index contributed by atoms with van der Waals surface area (Å²) in [7, 11) is 0. The van der Waals surface area contributed by atoms with Gasteiger partial charge in [-0.2, -0.15) is 0 Å². The zero-order valence-electron chi connectivity index (χ0n) is 18.1. The van der Waals surface area contributed by atoms with Crippen LogP contribution in [-0.2, 0) is 9.59 Å². The molecule has 1 saturated heterocycles. The standard InChI is InChI=1S/C25H28N2O4S/c1-17-8-5-6-13-21(17)27-24(30)22(32-25(27)26-19-10-3-2-4-11-19)15-18-9-7-12-20(14-18)31-16-23(28)29/h2-4,7,9-12,14-15,17,21,25-26H,5-6,8,13,16H2,1H3,(H,28,29)/b22-15-/t17-,21+,25?/m1/s1. The first-order valence-electron chi connectivity index (χ1n) is 11.0. The molecule has 1 saturated carbocycles. The highest BCUT2D eigenvalue weighted by Gasteiger charge is 2.42. The van der Waals surface area contributed by atoms with E-state index in [1.807, 2.05) is 47.4 Å². The van der Waals surface area contributed by atoms with Crippen LogP contribution in [0.2, 0.25) is 0 Å². The molecule has 0 bridgehead atoms. The molecule has 168 valence electrons. The molecule has 1 amide bonds. The van der Waals surface area contributed by atoms with E-state index >= 15 is 0 Å². The lowest BCUT2D eigenvalue weighted by Gasteiger charge is -2.39. The molecule has 1 aliphatic carbocycles. The first kappa shape index (κ1) is 22.3. The summed E-state index contributed by atoms with van der Waals surface area (Å²) in [6.45, 7) is 1.84. The number of nitrogens with one attached hydrogen (secondary N) is 1. The number of carboxylic acids is 1. The number of carbonyl (C=O) groups is 2. The van der Waals surface area contributed by atoms with Crippen molar-refractivity contribution in [1.82, 2.24) is 4.90 Å². The van der Waals surface area contributed by atoms with Crippen LogP contribution >= 0.6 is 11.8 Å². The molecule has 1 heterocycles. The van der Waals surface area contributed by atoms with E-state index < -0.39 is 12.6 Å². The third-order valence-electron chi connectivity index (χ3n) is 5.94. The molecule has 2 fully saturated rings. The molecule has 1 unspecified atom stereocenters. The molecule has 2 aromatic rings. The van der Waals surface area contributed by atoms with Crippen LogP contribution in [-0.4, -0.2) is 40.0 Å². The Hall–Kier alpha value is -2.93. The summed E-state index contributed by atoms with van der Waals surface area (Å²) in [6.07, 6.45) is 6.39. The second-order valence-corrected chi connectivity index (χ2v) is 9.41. The molecule has 2 N–H and O–H groups in total. The summed E-state index contributed by atoms with van der Waals surface area (Å²) in [5.41, 5.74) is 1.62. The van der Waals surface area contributed by atoms with Crippen LogP contribution in [0.4, 0.5) is 5.69 Å². The number of anilines is 1. The van der Waals surface area contributed by atoms with E-state index in [0.717, 1.165) is 30.5 Å². The molecule has 4 rings (SSSR count). The largest absolute Gasteiger partial charge is 0.482 e. The van der Waals surface area contributed by atoms with E-state index in [9.17, 15) is 9.59 Å². The fourth-order valence-corrected chi connectivity index (χ4v) is 5.57. The van der Waals surface area contributed by atoms with Gasteiger partial charge in [0.25, 0.3) is 5.91 Å². The summed E-state index contributed by atoms with van der Waals surface area (Å²) in [5, 5.41) is 12.4. The van der Waals surface area contributed by atoms with Crippen molar-refractivity contribution >= 4 is 35.4 Å². The maximum absolute atomic E-state index is 13.5. The van der Waals surface area contributed by atoms with Gasteiger partial charge >= 0.3 is 5.97 Å². The van der Waals surface area contributed by atoms with Gasteiger partial charge in [-0.25, -0.2) is 4.79 Å². The Kier molecular flexibility index (Phi) is 7.05. The Labute approximate surface area is 192 Å². The smallest absolute Gasteiger partial charge is 0.341 e. The van der Waals surface area contributed by atoms with Gasteiger partial charge in [-0.05, 0) is 54.7 Å². The van der Waals surface area contributed by atoms with Crippen molar-refractivity contribution in [3.05, 3.63) is 65.1 Å². The van der Waals surface area contributed by atoms with Crippen molar-refractivity contribution in [3.8, 4) is 5.75 Å². The lowest BCUT2D eigenvalue weighted by molar-refractivity contribution is -0.139. The molecular weight excluding hydrogens is 424 g/mol. The maximum atomic E-state index is 13.5. The number of ether oxygens (including phenoxy) is 1. The lowest BCUT2D eigenvalue weighted by Crippen LogP contribution is -2.48. The third kappa shape index (κ3) is 5.27. The number of benzene rings is 2. The summed E-state index contributed by atoms with van der Waals surface area (Å²) < 4.78 is 5.29. The molecule has 0 radical (unpaired) electrons. The van der Waals surface area contributed by atoms with E-state index in [4.69, 9.17) is 9.84 Å². The van der Waals surface area contributed by atoms with Crippen LogP contribution < -0.4 is 10.1 Å². The van der Waals surface area contributed by atoms with Gasteiger partial charge in [0.1, 0.15) is 5.75 Å². The van der Waals surface area contributed by atoms with E-state index in [-0.39, 0.29) is 17.4 Å². The van der Waals surface area contributed by atoms with Crippen molar-refractivity contribution in [2.24, 2.45) is 5.92 Å². The first-order chi connectivity index (χ1) is 15.5. The minimum Gasteiger partial charge on any atom is -0.482 e. The molecule has 1 aliphatic heterocycles. The Balaban J connectivity index is 1.59. The molecule has 32 heavy (non-hydrogen) atoms. The van der Waals surface area contributed by atoms with E-state index in [0.29, 0.717) is 16.6 Å². The summed E-state index contributed by atoms with van der Waals surface area (Å²) in [4.78, 5) is 27.0. The quantitative estimate of drug-likeness (QED) is 0.573. The summed E-state index contributed by atoms with van der Waals surface area (Å²) >= 11 is 1.53. The number of para-hydroxylation sites is 1. The van der Waals surface area contributed by atoms with Crippen LogP contribution in [0.15, 0.2) is 59.5 Å². The highest BCUT2D eigenvalue weighted by Crippen LogP contribution is 2.42. The Morgan fingerprint density at radius 1 is 1.19 bits per heavy atom. The predicted octanol–water partition coefficient (Wildman–Crippen LogP) is 5.04. The van der Waals surface area contributed by atoms with Crippen LogP contribution in [0.3, 0.4) is 0 Å². The normalized spacial score (nSPS) is 24.5.